The Hall–Kier alpha value is -0.830. The average molecular weight is 139 g/mol. The van der Waals surface area contributed by atoms with E-state index in [1.807, 2.05) is 13.0 Å². The van der Waals surface area contributed by atoms with Crippen LogP contribution >= 0.6 is 0 Å². The van der Waals surface area contributed by atoms with Gasteiger partial charge in [-0.1, -0.05) is 6.07 Å². The maximum Gasteiger partial charge on any atom is 0.104 e. The number of aryl methyl sites for hydroxylation is 1. The molecule has 0 atom stereocenters. The third-order valence-electron chi connectivity index (χ3n) is 1.03. The van der Waals surface area contributed by atoms with Gasteiger partial charge in [0.05, 0.1) is 0 Å². The molecular formula is C6H7N2S-. The average Bonchev–Trinajstić information content (AvgIpc) is 1.80. The van der Waals surface area contributed by atoms with Crippen LogP contribution in [0.15, 0.2) is 17.0 Å². The highest BCUT2D eigenvalue weighted by atomic mass is 32.1. The van der Waals surface area contributed by atoms with Crippen molar-refractivity contribution in [2.75, 3.05) is 5.73 Å². The molecule has 48 valence electrons. The van der Waals surface area contributed by atoms with E-state index in [0.29, 0.717) is 10.7 Å². The van der Waals surface area contributed by atoms with Gasteiger partial charge in [0.15, 0.2) is 0 Å². The molecule has 0 spiro atoms. The smallest absolute Gasteiger partial charge is 0.104 e. The number of nitrogen functional groups attached to an aromatic ring is 1. The lowest BCUT2D eigenvalue weighted by Gasteiger charge is -2.07. The van der Waals surface area contributed by atoms with Crippen molar-refractivity contribution in [3.8, 4) is 0 Å². The summed E-state index contributed by atoms with van der Waals surface area (Å²) in [6.07, 6.45) is 0. The molecule has 9 heavy (non-hydrogen) atoms. The molecule has 0 radical (unpaired) electrons. The van der Waals surface area contributed by atoms with Gasteiger partial charge in [0, 0.05) is 5.69 Å². The normalized spacial score (nSPS) is 9.44. The maximum atomic E-state index is 5.41. The van der Waals surface area contributed by atoms with Crippen molar-refractivity contribution in [3.05, 3.63) is 17.8 Å². The maximum absolute atomic E-state index is 5.41. The minimum atomic E-state index is 0.449. The van der Waals surface area contributed by atoms with Crippen LogP contribution in [0.3, 0.4) is 0 Å². The van der Waals surface area contributed by atoms with E-state index in [1.165, 1.54) is 0 Å². The quantitative estimate of drug-likeness (QED) is 0.542. The number of rotatable bonds is 0. The van der Waals surface area contributed by atoms with E-state index >= 15 is 0 Å². The van der Waals surface area contributed by atoms with Crippen LogP contribution in [0.25, 0.3) is 0 Å². The van der Waals surface area contributed by atoms with Gasteiger partial charge < -0.3 is 18.4 Å². The Labute approximate surface area is 59.5 Å². The first-order chi connectivity index (χ1) is 4.20. The molecule has 0 aliphatic carbocycles. The topological polar surface area (TPSA) is 38.9 Å². The summed E-state index contributed by atoms with van der Waals surface area (Å²) < 4.78 is 0. The van der Waals surface area contributed by atoms with Crippen LogP contribution in [-0.2, 0) is 12.6 Å². The summed E-state index contributed by atoms with van der Waals surface area (Å²) in [5.74, 6) is 0.449. The number of hydrogen-bond acceptors (Lipinski definition) is 3. The molecule has 0 aliphatic rings. The number of hydrogen-bond donors (Lipinski definition) is 1. The number of anilines is 1. The molecule has 1 heterocycles. The Kier molecular flexibility index (Phi) is 1.53. The molecule has 1 aromatic rings. The molecule has 0 aliphatic heterocycles. The summed E-state index contributed by atoms with van der Waals surface area (Å²) in [6.45, 7) is 1.88. The van der Waals surface area contributed by atoms with E-state index in [2.05, 4.69) is 4.98 Å². The minimum absolute atomic E-state index is 0.449. The molecule has 1 rings (SSSR count). The summed E-state index contributed by atoms with van der Waals surface area (Å²) in [6, 6.07) is 3.63. The molecule has 0 aromatic carbocycles. The Morgan fingerprint density at radius 2 is 2.22 bits per heavy atom. The van der Waals surface area contributed by atoms with E-state index < -0.39 is 0 Å². The lowest BCUT2D eigenvalue weighted by atomic mass is 10.4. The molecule has 2 N–H and O–H groups in total. The number of pyridine rings is 1. The minimum Gasteiger partial charge on any atom is -0.776 e. The first-order valence-electron chi connectivity index (χ1n) is 2.60. The van der Waals surface area contributed by atoms with Crippen LogP contribution in [0.5, 0.6) is 0 Å². The fourth-order valence-corrected chi connectivity index (χ4v) is 0.678. The van der Waals surface area contributed by atoms with Gasteiger partial charge in [-0.2, -0.15) is 0 Å². The van der Waals surface area contributed by atoms with Crippen LogP contribution in [-0.4, -0.2) is 4.98 Å². The third kappa shape index (κ3) is 1.29. The largest absolute Gasteiger partial charge is 0.776 e. The Balaban J connectivity index is 3.17. The molecule has 0 saturated carbocycles. The van der Waals surface area contributed by atoms with Gasteiger partial charge in [-0.3, -0.25) is 0 Å². The molecule has 0 unspecified atom stereocenters. The van der Waals surface area contributed by atoms with Gasteiger partial charge in [0.2, 0.25) is 0 Å². The zero-order valence-corrected chi connectivity index (χ0v) is 5.90. The molecule has 1 aromatic heterocycles. The number of aromatic nitrogens is 1. The Morgan fingerprint density at radius 1 is 1.56 bits per heavy atom. The SMILES string of the molecule is Cc1ccc([S-])c(N)n1. The number of nitrogens with zero attached hydrogens (tertiary/aromatic N) is 1. The van der Waals surface area contributed by atoms with Gasteiger partial charge in [-0.15, -0.1) is 4.90 Å². The van der Waals surface area contributed by atoms with Gasteiger partial charge in [0.1, 0.15) is 5.82 Å². The van der Waals surface area contributed by atoms with Gasteiger partial charge in [-0.25, -0.2) is 4.98 Å². The fourth-order valence-electron chi connectivity index (χ4n) is 0.564. The first kappa shape index (κ1) is 6.29. The molecule has 3 heteroatoms. The van der Waals surface area contributed by atoms with Gasteiger partial charge in [0.25, 0.3) is 0 Å². The highest BCUT2D eigenvalue weighted by molar-refractivity contribution is 7.59. The predicted molar refractivity (Wildman–Crippen MR) is 39.0 cm³/mol. The van der Waals surface area contributed by atoms with E-state index in [-0.39, 0.29) is 0 Å². The molecule has 2 nitrogen and oxygen atoms in total. The van der Waals surface area contributed by atoms with E-state index in [0.717, 1.165) is 5.69 Å². The van der Waals surface area contributed by atoms with Crippen molar-refractivity contribution in [3.63, 3.8) is 0 Å². The van der Waals surface area contributed by atoms with Crippen molar-refractivity contribution >= 4 is 18.4 Å². The Morgan fingerprint density at radius 3 is 2.67 bits per heavy atom. The van der Waals surface area contributed by atoms with Crippen LogP contribution in [0.4, 0.5) is 5.82 Å². The highest BCUT2D eigenvalue weighted by Crippen LogP contribution is 2.06. The van der Waals surface area contributed by atoms with Crippen LogP contribution in [0.2, 0.25) is 0 Å². The molecule has 0 fully saturated rings. The summed E-state index contributed by atoms with van der Waals surface area (Å²) >= 11 is 4.83. The molecule has 0 bridgehead atoms. The van der Waals surface area contributed by atoms with Crippen molar-refractivity contribution in [1.29, 1.82) is 0 Å². The van der Waals surface area contributed by atoms with E-state index in [4.69, 9.17) is 18.4 Å². The lowest BCUT2D eigenvalue weighted by molar-refractivity contribution is 1.16. The summed E-state index contributed by atoms with van der Waals surface area (Å²) in [7, 11) is 0. The predicted octanol–water partition coefficient (Wildman–Crippen LogP) is 0.878. The van der Waals surface area contributed by atoms with Crippen molar-refractivity contribution in [1.82, 2.24) is 4.98 Å². The lowest BCUT2D eigenvalue weighted by Crippen LogP contribution is -1.93. The molecule has 0 amide bonds. The number of nitrogens with two attached hydrogens (primary N) is 1. The van der Waals surface area contributed by atoms with Crippen LogP contribution in [0.1, 0.15) is 5.69 Å². The van der Waals surface area contributed by atoms with Crippen molar-refractivity contribution in [2.24, 2.45) is 0 Å². The Bertz CT molecular complexity index is 222. The van der Waals surface area contributed by atoms with Gasteiger partial charge >= 0.3 is 0 Å². The monoisotopic (exact) mass is 139 g/mol. The van der Waals surface area contributed by atoms with Gasteiger partial charge in [-0.05, 0) is 13.0 Å². The summed E-state index contributed by atoms with van der Waals surface area (Å²) in [5, 5.41) is 0. The zero-order valence-electron chi connectivity index (χ0n) is 5.09. The fraction of sp³-hybridized carbons (Fsp3) is 0.167. The van der Waals surface area contributed by atoms with Crippen molar-refractivity contribution in [2.45, 2.75) is 11.8 Å². The van der Waals surface area contributed by atoms with E-state index in [9.17, 15) is 0 Å². The van der Waals surface area contributed by atoms with Crippen molar-refractivity contribution < 1.29 is 0 Å². The zero-order chi connectivity index (χ0) is 6.85. The molecular weight excluding hydrogens is 132 g/mol. The second-order valence-corrected chi connectivity index (χ2v) is 2.28. The second kappa shape index (κ2) is 2.19. The standard InChI is InChI=1S/C6H8N2S/c1-4-2-3-5(9)6(7)8-4/h2-3,9H,1H3,(H2,7,8)/p-1. The summed E-state index contributed by atoms with van der Waals surface area (Å²) in [4.78, 5) is 4.57. The van der Waals surface area contributed by atoms with Crippen LogP contribution in [0, 0.1) is 6.92 Å². The highest BCUT2D eigenvalue weighted by Gasteiger charge is 1.85. The molecule has 0 saturated heterocycles. The summed E-state index contributed by atoms with van der Waals surface area (Å²) in [5.41, 5.74) is 6.31. The van der Waals surface area contributed by atoms with E-state index in [1.54, 1.807) is 6.07 Å². The first-order valence-corrected chi connectivity index (χ1v) is 3.01. The van der Waals surface area contributed by atoms with Crippen LogP contribution < -0.4 is 5.73 Å². The third-order valence-corrected chi connectivity index (χ3v) is 1.37. The second-order valence-electron chi connectivity index (χ2n) is 1.84.